The highest BCUT2D eigenvalue weighted by Crippen LogP contribution is 2.24. The Kier molecular flexibility index (Phi) is 2.88. The Morgan fingerprint density at radius 1 is 1.45 bits per heavy atom. The lowest BCUT2D eigenvalue weighted by atomic mass is 9.98. The van der Waals surface area contributed by atoms with Crippen LogP contribution < -0.4 is 16.0 Å². The van der Waals surface area contributed by atoms with Gasteiger partial charge in [0.15, 0.2) is 0 Å². The number of nitrogens with zero attached hydrogens (tertiary/aromatic N) is 2. The number of pyridine rings is 1. The second-order valence-electron chi connectivity index (χ2n) is 6.00. The Morgan fingerprint density at radius 3 is 2.73 bits per heavy atom. The molecule has 2 heterocycles. The number of rotatable bonds is 2. The number of carboxylic acids is 1. The monoisotopic (exact) mass is 306 g/mol. The zero-order chi connectivity index (χ0) is 16.2. The van der Waals surface area contributed by atoms with Crippen LogP contribution in [-0.4, -0.2) is 27.2 Å². The van der Waals surface area contributed by atoms with Crippen LogP contribution >= 0.6 is 0 Å². The standard InChI is InChI=1S/C14H14N2O6/c1-14(2)6-22-9-4-3-8(16(20)21)10-11(9)15(14)5-7(12(10)17)13(18)19/h5H,3-4,6H2,1-2H3,(H,18,19). The van der Waals surface area contributed by atoms with E-state index in [0.29, 0.717) is 24.1 Å². The van der Waals surface area contributed by atoms with Gasteiger partial charge in [0.25, 0.3) is 5.70 Å². The van der Waals surface area contributed by atoms with E-state index in [-0.39, 0.29) is 17.3 Å². The Bertz CT molecular complexity index is 893. The summed E-state index contributed by atoms with van der Waals surface area (Å²) in [5, 5.41) is 20.7. The van der Waals surface area contributed by atoms with Crippen molar-refractivity contribution in [1.82, 2.24) is 4.57 Å². The van der Waals surface area contributed by atoms with E-state index >= 15 is 0 Å². The normalized spacial score (nSPS) is 18.5. The van der Waals surface area contributed by atoms with Crippen molar-refractivity contribution in [3.05, 3.63) is 42.7 Å². The fraction of sp³-hybridized carbons (Fsp3) is 0.429. The first-order valence-electron chi connectivity index (χ1n) is 6.77. The van der Waals surface area contributed by atoms with Gasteiger partial charge in [0.05, 0.1) is 15.8 Å². The molecule has 116 valence electrons. The Morgan fingerprint density at radius 2 is 2.14 bits per heavy atom. The molecular weight excluding hydrogens is 292 g/mol. The number of carbonyl (C=O) groups is 1. The summed E-state index contributed by atoms with van der Waals surface area (Å²) in [6, 6.07) is 0. The minimum absolute atomic E-state index is 0.0497. The highest BCUT2D eigenvalue weighted by Gasteiger charge is 2.34. The minimum atomic E-state index is -1.39. The minimum Gasteiger partial charge on any atom is -0.493 e. The molecule has 0 saturated carbocycles. The number of carboxylic acid groups (broad SMARTS) is 1. The van der Waals surface area contributed by atoms with E-state index in [0.717, 1.165) is 0 Å². The average molecular weight is 306 g/mol. The molecule has 0 bridgehead atoms. The highest BCUT2D eigenvalue weighted by atomic mass is 16.6. The molecule has 22 heavy (non-hydrogen) atoms. The van der Waals surface area contributed by atoms with Gasteiger partial charge in [-0.25, -0.2) is 4.79 Å². The van der Waals surface area contributed by atoms with Crippen LogP contribution in [0.15, 0.2) is 11.0 Å². The van der Waals surface area contributed by atoms with Crippen molar-refractivity contribution in [2.45, 2.75) is 32.2 Å². The van der Waals surface area contributed by atoms with Gasteiger partial charge in [-0.2, -0.15) is 0 Å². The lowest BCUT2D eigenvalue weighted by molar-refractivity contribution is -0.382. The van der Waals surface area contributed by atoms with Gasteiger partial charge in [0.1, 0.15) is 23.1 Å². The first kappa shape index (κ1) is 14.3. The highest BCUT2D eigenvalue weighted by molar-refractivity contribution is 5.87. The summed E-state index contributed by atoms with van der Waals surface area (Å²) in [6.45, 7) is 3.95. The van der Waals surface area contributed by atoms with E-state index in [1.54, 1.807) is 4.57 Å². The van der Waals surface area contributed by atoms with Gasteiger partial charge in [-0.3, -0.25) is 14.9 Å². The number of nitro groups is 1. The van der Waals surface area contributed by atoms with Crippen LogP contribution in [0.4, 0.5) is 0 Å². The van der Waals surface area contributed by atoms with Crippen LogP contribution in [0.1, 0.15) is 37.0 Å². The van der Waals surface area contributed by atoms with Crippen LogP contribution in [0.5, 0.6) is 0 Å². The lowest BCUT2D eigenvalue weighted by Gasteiger charge is -2.35. The molecule has 0 spiro atoms. The van der Waals surface area contributed by atoms with E-state index in [2.05, 4.69) is 0 Å². The molecule has 0 saturated heterocycles. The summed E-state index contributed by atoms with van der Waals surface area (Å²) in [5.74, 6) is -0.886. The second-order valence-corrected chi connectivity index (χ2v) is 6.00. The van der Waals surface area contributed by atoms with Crippen molar-refractivity contribution in [2.24, 2.45) is 0 Å². The molecule has 8 nitrogen and oxygen atoms in total. The molecule has 1 aliphatic heterocycles. The lowest BCUT2D eigenvalue weighted by Crippen LogP contribution is -2.58. The zero-order valence-corrected chi connectivity index (χ0v) is 12.1. The van der Waals surface area contributed by atoms with Crippen molar-refractivity contribution in [2.75, 3.05) is 6.61 Å². The largest absolute Gasteiger partial charge is 0.493 e. The number of aromatic carboxylic acids is 1. The van der Waals surface area contributed by atoms with Crippen molar-refractivity contribution < 1.29 is 19.6 Å². The molecule has 1 aromatic rings. The number of ether oxygens (including phenoxy) is 1. The maximum absolute atomic E-state index is 12.4. The fourth-order valence-electron chi connectivity index (χ4n) is 2.92. The molecule has 0 amide bonds. The first-order valence-corrected chi connectivity index (χ1v) is 6.77. The Hall–Kier alpha value is -2.64. The summed E-state index contributed by atoms with van der Waals surface area (Å²) < 4.78 is 7.28. The predicted molar refractivity (Wildman–Crippen MR) is 75.2 cm³/mol. The van der Waals surface area contributed by atoms with Gasteiger partial charge in [-0.1, -0.05) is 0 Å². The smallest absolute Gasteiger partial charge is 0.341 e. The van der Waals surface area contributed by atoms with Gasteiger partial charge in [0, 0.05) is 19.0 Å². The predicted octanol–water partition coefficient (Wildman–Crippen LogP) is -0.401. The molecule has 0 unspecified atom stereocenters. The molecule has 0 radical (unpaired) electrons. The molecule has 0 fully saturated rings. The van der Waals surface area contributed by atoms with Crippen LogP contribution in [0.25, 0.3) is 11.5 Å². The topological polar surface area (TPSA) is 112 Å². The summed E-state index contributed by atoms with van der Waals surface area (Å²) in [7, 11) is 0. The molecule has 0 aromatic carbocycles. The molecule has 2 aliphatic rings. The van der Waals surface area contributed by atoms with E-state index < -0.39 is 27.4 Å². The Balaban J connectivity index is 2.64. The maximum atomic E-state index is 12.4. The molecule has 0 atom stereocenters. The Labute approximate surface area is 124 Å². The van der Waals surface area contributed by atoms with E-state index in [9.17, 15) is 24.8 Å². The number of aromatic nitrogens is 1. The third kappa shape index (κ3) is 1.83. The van der Waals surface area contributed by atoms with Gasteiger partial charge in [-0.05, 0) is 13.8 Å². The van der Waals surface area contributed by atoms with E-state index in [4.69, 9.17) is 4.74 Å². The van der Waals surface area contributed by atoms with Crippen molar-refractivity contribution >= 4 is 17.4 Å². The summed E-state index contributed by atoms with van der Waals surface area (Å²) in [4.78, 5) is 34.4. The van der Waals surface area contributed by atoms with Crippen LogP contribution in [0, 0.1) is 10.1 Å². The second kappa shape index (κ2) is 4.43. The molecule has 3 rings (SSSR count). The number of hydrogen-bond donors (Lipinski definition) is 1. The quantitative estimate of drug-likeness (QED) is 0.587. The molecular formula is C14H14N2O6. The van der Waals surface area contributed by atoms with Crippen molar-refractivity contribution in [3.8, 4) is 0 Å². The molecule has 1 N–H and O–H groups in total. The molecule has 1 aliphatic carbocycles. The van der Waals surface area contributed by atoms with Crippen molar-refractivity contribution in [3.63, 3.8) is 0 Å². The zero-order valence-electron chi connectivity index (χ0n) is 12.1. The average Bonchev–Trinajstić information content (AvgIpc) is 2.43. The molecule has 8 heteroatoms. The molecule has 1 aromatic heterocycles. The van der Waals surface area contributed by atoms with Gasteiger partial charge >= 0.3 is 5.97 Å². The van der Waals surface area contributed by atoms with Gasteiger partial charge < -0.3 is 14.4 Å². The summed E-state index contributed by atoms with van der Waals surface area (Å²) >= 11 is 0. The summed E-state index contributed by atoms with van der Waals surface area (Å²) in [5.41, 5.74) is -2.15. The van der Waals surface area contributed by atoms with Gasteiger partial charge in [0.2, 0.25) is 5.43 Å². The maximum Gasteiger partial charge on any atom is 0.341 e. The third-order valence-electron chi connectivity index (χ3n) is 4.05. The van der Waals surface area contributed by atoms with E-state index in [1.807, 2.05) is 13.8 Å². The fourth-order valence-corrected chi connectivity index (χ4v) is 2.92. The van der Waals surface area contributed by atoms with E-state index in [1.165, 1.54) is 6.20 Å². The van der Waals surface area contributed by atoms with Gasteiger partial charge in [-0.15, -0.1) is 0 Å². The third-order valence-corrected chi connectivity index (χ3v) is 4.05. The van der Waals surface area contributed by atoms with Crippen LogP contribution in [0.3, 0.4) is 0 Å². The van der Waals surface area contributed by atoms with Crippen LogP contribution in [0.2, 0.25) is 0 Å². The first-order chi connectivity index (χ1) is 10.2. The van der Waals surface area contributed by atoms with Crippen molar-refractivity contribution in [1.29, 1.82) is 0 Å². The SMILES string of the molecule is CC1(C)COC2=c3c(c(=O)c(C(=O)O)cn31)=C([N+](=O)[O-])CC2. The summed E-state index contributed by atoms with van der Waals surface area (Å²) in [6.07, 6.45) is 1.63. The number of hydrogen-bond acceptors (Lipinski definition) is 5. The van der Waals surface area contributed by atoms with Crippen LogP contribution in [-0.2, 0) is 10.3 Å².